The molecule has 2 N–H and O–H groups in total. The number of para-hydroxylation sites is 2. The van der Waals surface area contributed by atoms with E-state index in [1.54, 1.807) is 18.6 Å². The second-order valence-corrected chi connectivity index (χ2v) is 9.38. The zero-order chi connectivity index (χ0) is 23.0. The first-order chi connectivity index (χ1) is 15.9. The Kier molecular flexibility index (Phi) is 5.32. The molecule has 0 saturated heterocycles. The summed E-state index contributed by atoms with van der Waals surface area (Å²) < 4.78 is 11.1. The van der Waals surface area contributed by atoms with Crippen molar-refractivity contribution in [1.82, 2.24) is 5.32 Å². The molecule has 1 atom stereocenters. The van der Waals surface area contributed by atoms with Gasteiger partial charge in [0.05, 0.1) is 37.0 Å². The number of nitrogens with zero attached hydrogens (tertiary/aromatic N) is 1. The van der Waals surface area contributed by atoms with Crippen LogP contribution in [0.3, 0.4) is 0 Å². The quantitative estimate of drug-likeness (QED) is 0.586. The van der Waals surface area contributed by atoms with Gasteiger partial charge in [0, 0.05) is 17.7 Å². The number of hydrogen-bond donors (Lipinski definition) is 2. The first kappa shape index (κ1) is 21.1. The predicted molar refractivity (Wildman–Crippen MR) is 124 cm³/mol. The van der Waals surface area contributed by atoms with Crippen molar-refractivity contribution in [3.05, 3.63) is 83.8 Å². The Morgan fingerprint density at radius 3 is 2.64 bits per heavy atom. The topological polar surface area (TPSA) is 87.7 Å². The molecule has 0 spiro atoms. The van der Waals surface area contributed by atoms with Gasteiger partial charge in [-0.25, -0.2) is 0 Å². The van der Waals surface area contributed by atoms with Crippen LogP contribution in [0.1, 0.15) is 44.3 Å². The summed E-state index contributed by atoms with van der Waals surface area (Å²) in [4.78, 5) is 28.5. The van der Waals surface area contributed by atoms with Gasteiger partial charge in [-0.1, -0.05) is 26.0 Å². The van der Waals surface area contributed by atoms with E-state index in [1.165, 1.54) is 0 Å². The van der Waals surface area contributed by atoms with Crippen molar-refractivity contribution in [1.29, 1.82) is 0 Å². The van der Waals surface area contributed by atoms with Crippen molar-refractivity contribution in [2.24, 2.45) is 5.41 Å². The fourth-order valence-electron chi connectivity index (χ4n) is 4.78. The summed E-state index contributed by atoms with van der Waals surface area (Å²) in [7, 11) is 0. The highest BCUT2D eigenvalue weighted by Crippen LogP contribution is 2.48. The molecule has 0 bridgehead atoms. The minimum atomic E-state index is -0.510. The monoisotopic (exact) mass is 445 g/mol. The molecule has 2 aromatic heterocycles. The SMILES string of the molecule is CC1(C)CC(=O)C2=C(C1)Nc1ccccc1N(CC(=O)NCc1ccco1)C2c1ccco1. The Hall–Kier alpha value is -3.74. The molecule has 0 radical (unpaired) electrons. The van der Waals surface area contributed by atoms with Gasteiger partial charge in [-0.3, -0.25) is 9.59 Å². The van der Waals surface area contributed by atoms with Crippen LogP contribution in [0.2, 0.25) is 0 Å². The van der Waals surface area contributed by atoms with Gasteiger partial charge in [-0.05, 0) is 48.2 Å². The second-order valence-electron chi connectivity index (χ2n) is 9.38. The number of hydrogen-bond acceptors (Lipinski definition) is 6. The Morgan fingerprint density at radius 2 is 1.88 bits per heavy atom. The highest BCUT2D eigenvalue weighted by Gasteiger charge is 2.42. The molecular formula is C26H27N3O4. The van der Waals surface area contributed by atoms with Gasteiger partial charge in [-0.15, -0.1) is 0 Å². The average molecular weight is 446 g/mol. The number of anilines is 2. The minimum absolute atomic E-state index is 0.0538. The van der Waals surface area contributed by atoms with Gasteiger partial charge >= 0.3 is 0 Å². The molecule has 0 saturated carbocycles. The summed E-state index contributed by atoms with van der Waals surface area (Å²) in [6.07, 6.45) is 4.36. The molecule has 5 rings (SSSR count). The maximum atomic E-state index is 13.5. The van der Waals surface area contributed by atoms with E-state index in [0.717, 1.165) is 23.5 Å². The summed E-state index contributed by atoms with van der Waals surface area (Å²) in [5.74, 6) is 1.21. The Balaban J connectivity index is 1.57. The highest BCUT2D eigenvalue weighted by molar-refractivity contribution is 6.01. The molecular weight excluding hydrogens is 418 g/mol. The first-order valence-corrected chi connectivity index (χ1v) is 11.1. The predicted octanol–water partition coefficient (Wildman–Crippen LogP) is 4.81. The van der Waals surface area contributed by atoms with Crippen LogP contribution in [0.5, 0.6) is 0 Å². The fraction of sp³-hybridized carbons (Fsp3) is 0.308. The highest BCUT2D eigenvalue weighted by atomic mass is 16.3. The third-order valence-corrected chi connectivity index (χ3v) is 6.17. The van der Waals surface area contributed by atoms with Crippen molar-refractivity contribution in [2.45, 2.75) is 39.3 Å². The summed E-state index contributed by atoms with van der Waals surface area (Å²) in [6, 6.07) is 14.6. The van der Waals surface area contributed by atoms with Crippen LogP contribution in [0, 0.1) is 5.41 Å². The van der Waals surface area contributed by atoms with Crippen LogP contribution in [0.15, 0.2) is 81.2 Å². The number of nitrogens with one attached hydrogen (secondary N) is 2. The van der Waals surface area contributed by atoms with Crippen molar-refractivity contribution in [3.8, 4) is 0 Å². The number of furan rings is 2. The Bertz CT molecular complexity index is 1190. The smallest absolute Gasteiger partial charge is 0.239 e. The molecule has 2 aliphatic rings. The van der Waals surface area contributed by atoms with Gasteiger partial charge in [0.25, 0.3) is 0 Å². The number of carbonyl (C=O) groups excluding carboxylic acids is 2. The minimum Gasteiger partial charge on any atom is -0.467 e. The van der Waals surface area contributed by atoms with E-state index in [9.17, 15) is 9.59 Å². The number of benzene rings is 1. The van der Waals surface area contributed by atoms with Gasteiger partial charge in [0.1, 0.15) is 17.6 Å². The maximum Gasteiger partial charge on any atom is 0.239 e. The lowest BCUT2D eigenvalue weighted by Crippen LogP contribution is -2.41. The molecule has 33 heavy (non-hydrogen) atoms. The van der Waals surface area contributed by atoms with Crippen LogP contribution < -0.4 is 15.5 Å². The van der Waals surface area contributed by atoms with Crippen LogP contribution in [0.4, 0.5) is 11.4 Å². The van der Waals surface area contributed by atoms with E-state index < -0.39 is 6.04 Å². The molecule has 0 fully saturated rings. The molecule has 1 aromatic carbocycles. The molecule has 7 heteroatoms. The Labute approximate surface area is 192 Å². The molecule has 1 unspecified atom stereocenters. The Morgan fingerprint density at radius 1 is 1.09 bits per heavy atom. The maximum absolute atomic E-state index is 13.5. The van der Waals surface area contributed by atoms with Gasteiger partial charge < -0.3 is 24.4 Å². The van der Waals surface area contributed by atoms with E-state index in [-0.39, 0.29) is 23.7 Å². The second kappa shape index (κ2) is 8.31. The van der Waals surface area contributed by atoms with Crippen LogP contribution >= 0.6 is 0 Å². The van der Waals surface area contributed by atoms with E-state index >= 15 is 0 Å². The zero-order valence-corrected chi connectivity index (χ0v) is 18.8. The summed E-state index contributed by atoms with van der Waals surface area (Å²) in [5, 5.41) is 6.45. The third kappa shape index (κ3) is 4.18. The van der Waals surface area contributed by atoms with Crippen molar-refractivity contribution in [3.63, 3.8) is 0 Å². The molecule has 1 aliphatic carbocycles. The first-order valence-electron chi connectivity index (χ1n) is 11.1. The average Bonchev–Trinajstić information content (AvgIpc) is 3.46. The van der Waals surface area contributed by atoms with E-state index in [0.29, 0.717) is 30.1 Å². The largest absolute Gasteiger partial charge is 0.467 e. The number of Topliss-reactive ketones (excluding diaryl/α,β-unsaturated/α-hetero) is 1. The number of carbonyl (C=O) groups is 2. The molecule has 170 valence electrons. The number of allylic oxidation sites excluding steroid dienone is 1. The van der Waals surface area contributed by atoms with Gasteiger partial charge in [-0.2, -0.15) is 0 Å². The van der Waals surface area contributed by atoms with Crippen LogP contribution in [-0.2, 0) is 16.1 Å². The van der Waals surface area contributed by atoms with Crippen LogP contribution in [0.25, 0.3) is 0 Å². The number of rotatable bonds is 5. The summed E-state index contributed by atoms with van der Waals surface area (Å²) in [6.45, 7) is 4.56. The lowest BCUT2D eigenvalue weighted by molar-refractivity contribution is -0.121. The molecule has 1 aliphatic heterocycles. The van der Waals surface area contributed by atoms with E-state index in [2.05, 4.69) is 24.5 Å². The third-order valence-electron chi connectivity index (χ3n) is 6.17. The van der Waals surface area contributed by atoms with Crippen molar-refractivity contribution in [2.75, 3.05) is 16.8 Å². The lowest BCUT2D eigenvalue weighted by Gasteiger charge is -2.36. The lowest BCUT2D eigenvalue weighted by atomic mass is 9.74. The zero-order valence-electron chi connectivity index (χ0n) is 18.8. The molecule has 7 nitrogen and oxygen atoms in total. The van der Waals surface area contributed by atoms with Crippen molar-refractivity contribution >= 4 is 23.1 Å². The number of ketones is 1. The molecule has 3 heterocycles. The number of fused-ring (bicyclic) bond motifs is 1. The van der Waals surface area contributed by atoms with Crippen molar-refractivity contribution < 1.29 is 18.4 Å². The van der Waals surface area contributed by atoms with Gasteiger partial charge in [0.2, 0.25) is 5.91 Å². The summed E-state index contributed by atoms with van der Waals surface area (Å²) in [5.41, 5.74) is 3.11. The van der Waals surface area contributed by atoms with E-state index in [4.69, 9.17) is 8.83 Å². The summed E-state index contributed by atoms with van der Waals surface area (Å²) >= 11 is 0. The molecule has 1 amide bonds. The fourth-order valence-corrected chi connectivity index (χ4v) is 4.78. The molecule has 3 aromatic rings. The standard InChI is InChI=1S/C26H27N3O4/c1-26(2)13-19-24(21(30)14-26)25(22-10-6-12-33-22)29(20-9-4-3-8-18(20)28-19)16-23(31)27-15-17-7-5-11-32-17/h3-12,25,28H,13-16H2,1-2H3,(H,27,31). The van der Waals surface area contributed by atoms with Crippen LogP contribution in [-0.4, -0.2) is 18.2 Å². The van der Waals surface area contributed by atoms with E-state index in [1.807, 2.05) is 47.4 Å². The normalized spacial score (nSPS) is 19.4. The van der Waals surface area contributed by atoms with Gasteiger partial charge in [0.15, 0.2) is 5.78 Å². The number of amides is 1.